The Labute approximate surface area is 225 Å². The van der Waals surface area contributed by atoms with E-state index in [1.54, 1.807) is 47.4 Å². The number of nitrogens with zero attached hydrogens (tertiary/aromatic N) is 5. The van der Waals surface area contributed by atoms with Gasteiger partial charge in [-0.15, -0.1) is 0 Å². The maximum atomic E-state index is 12.9. The first kappa shape index (κ1) is 24.4. The number of carbonyl (C=O) groups is 2. The fourth-order valence-corrected chi connectivity index (χ4v) is 5.73. The van der Waals surface area contributed by atoms with Crippen LogP contribution in [-0.4, -0.2) is 46.3 Å². The molecule has 9 nitrogen and oxygen atoms in total. The summed E-state index contributed by atoms with van der Waals surface area (Å²) in [6.07, 6.45) is 7.50. The van der Waals surface area contributed by atoms with Gasteiger partial charge in [0.2, 0.25) is 5.91 Å². The third kappa shape index (κ3) is 4.29. The molecule has 3 fully saturated rings. The molecule has 3 heterocycles. The molecule has 3 aromatic rings. The number of piperidine rings is 1. The van der Waals surface area contributed by atoms with E-state index >= 15 is 0 Å². The number of benzene rings is 1. The molecule has 0 radical (unpaired) electrons. The number of halogens is 1. The second-order valence-corrected chi connectivity index (χ2v) is 10.8. The summed E-state index contributed by atoms with van der Waals surface area (Å²) < 4.78 is 7.29. The van der Waals surface area contributed by atoms with Crippen LogP contribution in [0.3, 0.4) is 0 Å². The van der Waals surface area contributed by atoms with Gasteiger partial charge >= 0.3 is 0 Å². The zero-order chi connectivity index (χ0) is 26.6. The van der Waals surface area contributed by atoms with Crippen LogP contribution in [0.25, 0.3) is 0 Å². The molecule has 0 spiro atoms. The number of amides is 2. The normalized spacial score (nSPS) is 24.3. The highest BCUT2D eigenvalue weighted by molar-refractivity contribution is 6.30. The minimum atomic E-state index is -0.199. The number of hydrogen-bond donors (Lipinski definition) is 1. The Kier molecular flexibility index (Phi) is 6.07. The average Bonchev–Trinajstić information content (AvgIpc) is 3.36. The third-order valence-electron chi connectivity index (χ3n) is 8.04. The van der Waals surface area contributed by atoms with E-state index < -0.39 is 0 Å². The summed E-state index contributed by atoms with van der Waals surface area (Å²) in [5.74, 6) is 1.83. The van der Waals surface area contributed by atoms with Crippen molar-refractivity contribution in [2.45, 2.75) is 44.2 Å². The van der Waals surface area contributed by atoms with Crippen LogP contribution in [0.1, 0.15) is 65.2 Å². The lowest BCUT2D eigenvalue weighted by Crippen LogP contribution is -2.43. The lowest BCUT2D eigenvalue weighted by molar-refractivity contribution is -0.118. The monoisotopic (exact) mass is 530 g/mol. The smallest absolute Gasteiger partial charge is 0.254 e. The molecular formula is C28H27ClN6O3. The largest absolute Gasteiger partial charge is 0.493 e. The molecule has 3 atom stereocenters. The van der Waals surface area contributed by atoms with Crippen LogP contribution in [0.2, 0.25) is 5.02 Å². The highest BCUT2D eigenvalue weighted by Crippen LogP contribution is 2.48. The molecule has 1 unspecified atom stereocenters. The Morgan fingerprint density at radius 2 is 2.08 bits per heavy atom. The molecule has 2 aliphatic carbocycles. The van der Waals surface area contributed by atoms with E-state index in [1.165, 1.54) is 0 Å². The molecule has 2 saturated carbocycles. The Bertz CT molecular complexity index is 1470. The highest BCUT2D eigenvalue weighted by atomic mass is 35.5. The van der Waals surface area contributed by atoms with Crippen LogP contribution in [0, 0.1) is 23.2 Å². The zero-order valence-electron chi connectivity index (χ0n) is 21.1. The number of rotatable bonds is 7. The van der Waals surface area contributed by atoms with Gasteiger partial charge in [0.25, 0.3) is 5.91 Å². The molecule has 1 N–H and O–H groups in total. The number of aromatic nitrogens is 3. The Morgan fingerprint density at radius 3 is 2.79 bits per heavy atom. The second-order valence-electron chi connectivity index (χ2n) is 10.4. The highest BCUT2D eigenvalue weighted by Gasteiger charge is 2.53. The number of carbonyl (C=O) groups excluding carboxylic acids is 2. The first-order valence-electron chi connectivity index (χ1n) is 12.8. The molecule has 0 bridgehead atoms. The number of nitriles is 1. The number of pyridine rings is 1. The molecule has 2 aromatic heterocycles. The van der Waals surface area contributed by atoms with Gasteiger partial charge in [0.1, 0.15) is 0 Å². The Hall–Kier alpha value is -3.90. The van der Waals surface area contributed by atoms with Crippen molar-refractivity contribution >= 4 is 29.2 Å². The van der Waals surface area contributed by atoms with Crippen molar-refractivity contribution in [3.05, 3.63) is 70.1 Å². The van der Waals surface area contributed by atoms with Gasteiger partial charge < -0.3 is 10.1 Å². The molecule has 1 saturated heterocycles. The topological polar surface area (TPSA) is 113 Å². The maximum absolute atomic E-state index is 12.9. The Balaban J connectivity index is 1.09. The summed E-state index contributed by atoms with van der Waals surface area (Å²) in [5.41, 5.74) is 2.89. The van der Waals surface area contributed by atoms with E-state index in [4.69, 9.17) is 16.3 Å². The number of hydrogen-bond acceptors (Lipinski definition) is 6. The molecule has 1 aliphatic heterocycles. The van der Waals surface area contributed by atoms with Crippen molar-refractivity contribution in [2.24, 2.45) is 11.8 Å². The molecule has 10 heteroatoms. The van der Waals surface area contributed by atoms with Crippen LogP contribution >= 0.6 is 11.6 Å². The number of ether oxygens (including phenoxy) is 1. The lowest BCUT2D eigenvalue weighted by Gasteiger charge is -2.36. The van der Waals surface area contributed by atoms with Crippen molar-refractivity contribution in [3.8, 4) is 11.8 Å². The van der Waals surface area contributed by atoms with Crippen molar-refractivity contribution in [3.63, 3.8) is 0 Å². The number of methoxy groups -OCH3 is 1. The fraction of sp³-hybridized carbons (Fsp3) is 0.393. The SMILES string of the molecule is COc1cc(C(C)n2cc(C(=O)N[C@H]3C[C@@H](c4cc(Cl)ccc4C#N)C3)cn2)cnc1N1C[C@H]2C[C@H]2C1=O. The van der Waals surface area contributed by atoms with Crippen LogP contribution in [-0.2, 0) is 4.79 Å². The van der Waals surface area contributed by atoms with Gasteiger partial charge in [-0.25, -0.2) is 4.98 Å². The number of fused-ring (bicyclic) bond motifs is 1. The summed E-state index contributed by atoms with van der Waals surface area (Å²) in [6.45, 7) is 2.66. The third-order valence-corrected chi connectivity index (χ3v) is 8.28. The van der Waals surface area contributed by atoms with Gasteiger partial charge in [-0.3, -0.25) is 19.2 Å². The van der Waals surface area contributed by atoms with E-state index in [0.29, 0.717) is 40.2 Å². The Morgan fingerprint density at radius 1 is 1.26 bits per heavy atom. The summed E-state index contributed by atoms with van der Waals surface area (Å²) in [4.78, 5) is 31.7. The molecule has 6 rings (SSSR count). The van der Waals surface area contributed by atoms with Crippen LogP contribution in [0.4, 0.5) is 5.82 Å². The minimum Gasteiger partial charge on any atom is -0.493 e. The summed E-state index contributed by atoms with van der Waals surface area (Å²) in [5, 5.41) is 17.5. The van der Waals surface area contributed by atoms with Crippen LogP contribution in [0.5, 0.6) is 5.75 Å². The molecule has 1 aromatic carbocycles. The van der Waals surface area contributed by atoms with Gasteiger partial charge in [0.05, 0.1) is 36.5 Å². The van der Waals surface area contributed by atoms with Crippen LogP contribution in [0.15, 0.2) is 42.9 Å². The van der Waals surface area contributed by atoms with Crippen molar-refractivity contribution in [1.82, 2.24) is 20.1 Å². The van der Waals surface area contributed by atoms with Crippen molar-refractivity contribution in [1.29, 1.82) is 5.26 Å². The predicted molar refractivity (Wildman–Crippen MR) is 140 cm³/mol. The second kappa shape index (κ2) is 9.44. The maximum Gasteiger partial charge on any atom is 0.254 e. The lowest BCUT2D eigenvalue weighted by atomic mass is 9.74. The minimum absolute atomic E-state index is 0.0270. The van der Waals surface area contributed by atoms with Gasteiger partial charge in [0, 0.05) is 35.9 Å². The molecule has 38 heavy (non-hydrogen) atoms. The zero-order valence-corrected chi connectivity index (χ0v) is 21.9. The first-order valence-corrected chi connectivity index (χ1v) is 13.1. The molecular weight excluding hydrogens is 504 g/mol. The standard InChI is InChI=1S/C28H27ClN6O3/c1-15(18-8-25(38-2)26(31-11-18)34-13-19-7-24(19)28(34)37)35-14-20(12-32-35)27(36)33-22-5-17(6-22)23-9-21(29)4-3-16(23)10-30/h3-4,8-9,11-12,14-15,17,19,22,24H,5-7,13H2,1-2H3,(H,33,36)/t15?,17-,19-,22+,24-/m1/s1. The van der Waals surface area contributed by atoms with E-state index in [1.807, 2.05) is 19.1 Å². The molecule has 3 aliphatic rings. The number of anilines is 1. The summed E-state index contributed by atoms with van der Waals surface area (Å²) in [7, 11) is 1.57. The van der Waals surface area contributed by atoms with Crippen LogP contribution < -0.4 is 15.0 Å². The first-order chi connectivity index (χ1) is 18.4. The van der Waals surface area contributed by atoms with E-state index in [9.17, 15) is 14.9 Å². The van der Waals surface area contributed by atoms with Gasteiger partial charge in [-0.2, -0.15) is 10.4 Å². The molecule has 194 valence electrons. The summed E-state index contributed by atoms with van der Waals surface area (Å²) in [6, 6.07) is 9.24. The van der Waals surface area contributed by atoms with Crippen molar-refractivity contribution in [2.75, 3.05) is 18.6 Å². The fourth-order valence-electron chi connectivity index (χ4n) is 5.55. The number of nitrogens with one attached hydrogen (secondary N) is 1. The average molecular weight is 531 g/mol. The van der Waals surface area contributed by atoms with E-state index in [2.05, 4.69) is 21.5 Å². The van der Waals surface area contributed by atoms with E-state index in [-0.39, 0.29) is 35.7 Å². The predicted octanol–water partition coefficient (Wildman–Crippen LogP) is 4.08. The van der Waals surface area contributed by atoms with Crippen molar-refractivity contribution < 1.29 is 14.3 Å². The molecule has 2 amide bonds. The van der Waals surface area contributed by atoms with Gasteiger partial charge in [-0.1, -0.05) is 11.6 Å². The van der Waals surface area contributed by atoms with Gasteiger partial charge in [0.15, 0.2) is 11.6 Å². The van der Waals surface area contributed by atoms with Gasteiger partial charge in [-0.05, 0) is 73.4 Å². The quantitative estimate of drug-likeness (QED) is 0.492. The summed E-state index contributed by atoms with van der Waals surface area (Å²) >= 11 is 6.12. The van der Waals surface area contributed by atoms with E-state index in [0.717, 1.165) is 30.4 Å².